The average Bonchev–Trinajstić information content (AvgIpc) is 2.73. The van der Waals surface area contributed by atoms with Crippen LogP contribution in [0, 0.1) is 11.6 Å². The fourth-order valence-electron chi connectivity index (χ4n) is 2.32. The molecule has 0 radical (unpaired) electrons. The van der Waals surface area contributed by atoms with Crippen LogP contribution >= 0.6 is 11.6 Å². The number of hydrogen-bond donors (Lipinski definition) is 0. The number of ketones is 1. The minimum atomic E-state index is -0.561. The lowest BCUT2D eigenvalue weighted by molar-refractivity contribution is 0.104. The van der Waals surface area contributed by atoms with Gasteiger partial charge in [0.1, 0.15) is 11.6 Å². The minimum Gasteiger partial charge on any atom is -0.289 e. The fraction of sp³-hybridized carbons (Fsp3) is 0.0625. The van der Waals surface area contributed by atoms with Crippen molar-refractivity contribution in [2.45, 2.75) is 6.42 Å². The van der Waals surface area contributed by atoms with Crippen LogP contribution in [0.1, 0.15) is 21.5 Å². The molecule has 0 bridgehead atoms. The van der Waals surface area contributed by atoms with Crippen LogP contribution in [0.25, 0.3) is 6.08 Å². The molecular formula is C16H9ClF2O. The number of Topliss-reactive ketones (excluding diaryl/α,β-unsaturated/α-hetero) is 1. The Hall–Kier alpha value is -2.00. The van der Waals surface area contributed by atoms with Gasteiger partial charge in [-0.05, 0) is 35.9 Å². The molecule has 0 saturated carbocycles. The number of carbonyl (C=O) groups is 1. The fourth-order valence-corrected chi connectivity index (χ4v) is 2.57. The van der Waals surface area contributed by atoms with Gasteiger partial charge in [0.05, 0.1) is 0 Å². The Morgan fingerprint density at radius 2 is 1.95 bits per heavy atom. The lowest BCUT2D eigenvalue weighted by atomic mass is 10.1. The van der Waals surface area contributed by atoms with E-state index in [2.05, 4.69) is 0 Å². The highest BCUT2D eigenvalue weighted by atomic mass is 35.5. The van der Waals surface area contributed by atoms with Crippen molar-refractivity contribution in [2.24, 2.45) is 0 Å². The van der Waals surface area contributed by atoms with Crippen LogP contribution in [0.5, 0.6) is 0 Å². The maximum Gasteiger partial charge on any atom is 0.189 e. The predicted molar refractivity (Wildman–Crippen MR) is 73.8 cm³/mol. The Morgan fingerprint density at radius 1 is 1.15 bits per heavy atom. The van der Waals surface area contributed by atoms with Gasteiger partial charge in [0.15, 0.2) is 5.78 Å². The van der Waals surface area contributed by atoms with Gasteiger partial charge in [-0.3, -0.25) is 4.79 Å². The summed E-state index contributed by atoms with van der Waals surface area (Å²) in [6, 6.07) is 8.25. The van der Waals surface area contributed by atoms with Crippen molar-refractivity contribution in [1.82, 2.24) is 0 Å². The zero-order valence-electron chi connectivity index (χ0n) is 10.3. The normalized spacial score (nSPS) is 15.8. The second-order valence-electron chi connectivity index (χ2n) is 4.61. The predicted octanol–water partition coefficient (Wildman–Crippen LogP) is 4.44. The summed E-state index contributed by atoms with van der Waals surface area (Å²) in [5.41, 5.74) is 1.75. The standard InChI is InChI=1S/C16H9ClF2O/c17-14-3-1-2-12-13(14)8-10(16(12)20)6-9-7-11(18)4-5-15(9)19/h1-7H,8H2. The molecule has 0 spiro atoms. The van der Waals surface area contributed by atoms with Gasteiger partial charge in [-0.1, -0.05) is 23.7 Å². The Balaban J connectivity index is 2.06. The molecule has 3 rings (SSSR count). The summed E-state index contributed by atoms with van der Waals surface area (Å²) < 4.78 is 26.8. The van der Waals surface area contributed by atoms with Gasteiger partial charge in [-0.25, -0.2) is 8.78 Å². The Morgan fingerprint density at radius 3 is 2.70 bits per heavy atom. The number of fused-ring (bicyclic) bond motifs is 1. The molecule has 4 heteroatoms. The zero-order chi connectivity index (χ0) is 14.3. The van der Waals surface area contributed by atoms with Gasteiger partial charge < -0.3 is 0 Å². The van der Waals surface area contributed by atoms with Crippen LogP contribution in [-0.4, -0.2) is 5.78 Å². The van der Waals surface area contributed by atoms with Crippen molar-refractivity contribution in [3.8, 4) is 0 Å². The minimum absolute atomic E-state index is 0.0669. The maximum atomic E-state index is 13.6. The largest absolute Gasteiger partial charge is 0.289 e. The van der Waals surface area contributed by atoms with E-state index in [1.165, 1.54) is 6.08 Å². The average molecular weight is 291 g/mol. The second-order valence-corrected chi connectivity index (χ2v) is 5.01. The molecule has 2 aromatic rings. The van der Waals surface area contributed by atoms with E-state index in [0.29, 0.717) is 22.6 Å². The van der Waals surface area contributed by atoms with Crippen LogP contribution in [-0.2, 0) is 6.42 Å². The molecule has 0 fully saturated rings. The highest BCUT2D eigenvalue weighted by Gasteiger charge is 2.26. The van der Waals surface area contributed by atoms with E-state index in [4.69, 9.17) is 11.6 Å². The number of hydrogen-bond acceptors (Lipinski definition) is 1. The molecule has 100 valence electrons. The topological polar surface area (TPSA) is 17.1 Å². The van der Waals surface area contributed by atoms with Crippen molar-refractivity contribution in [3.05, 3.63) is 75.3 Å². The van der Waals surface area contributed by atoms with Crippen LogP contribution in [0.3, 0.4) is 0 Å². The van der Waals surface area contributed by atoms with Gasteiger partial charge in [0, 0.05) is 28.1 Å². The summed E-state index contributed by atoms with van der Waals surface area (Å²) in [5, 5.41) is 0.513. The Bertz CT molecular complexity index is 750. The van der Waals surface area contributed by atoms with E-state index in [1.54, 1.807) is 18.2 Å². The quantitative estimate of drug-likeness (QED) is 0.710. The van der Waals surface area contributed by atoms with E-state index in [-0.39, 0.29) is 11.3 Å². The van der Waals surface area contributed by atoms with Crippen LogP contribution in [0.2, 0.25) is 5.02 Å². The number of halogens is 3. The van der Waals surface area contributed by atoms with Crippen molar-refractivity contribution >= 4 is 23.5 Å². The molecule has 1 aliphatic carbocycles. The molecular weight excluding hydrogens is 282 g/mol. The van der Waals surface area contributed by atoms with Crippen molar-refractivity contribution in [1.29, 1.82) is 0 Å². The van der Waals surface area contributed by atoms with Crippen molar-refractivity contribution < 1.29 is 13.6 Å². The van der Waals surface area contributed by atoms with Crippen LogP contribution < -0.4 is 0 Å². The molecule has 0 aromatic heterocycles. The third kappa shape index (κ3) is 2.14. The summed E-state index contributed by atoms with van der Waals surface area (Å²) in [6.45, 7) is 0. The second kappa shape index (κ2) is 4.84. The smallest absolute Gasteiger partial charge is 0.189 e. The first-order chi connectivity index (χ1) is 9.56. The first-order valence-corrected chi connectivity index (χ1v) is 6.42. The molecule has 0 heterocycles. The van der Waals surface area contributed by atoms with Crippen molar-refractivity contribution in [2.75, 3.05) is 0 Å². The SMILES string of the molecule is O=C1C(=Cc2cc(F)ccc2F)Cc2c(Cl)cccc21. The van der Waals surface area contributed by atoms with E-state index < -0.39 is 11.6 Å². The third-order valence-corrected chi connectivity index (χ3v) is 3.66. The summed E-state index contributed by atoms with van der Waals surface area (Å²) >= 11 is 6.05. The van der Waals surface area contributed by atoms with E-state index in [1.807, 2.05) is 0 Å². The van der Waals surface area contributed by atoms with E-state index in [0.717, 1.165) is 23.8 Å². The highest BCUT2D eigenvalue weighted by molar-refractivity contribution is 6.33. The highest BCUT2D eigenvalue weighted by Crippen LogP contribution is 2.32. The number of carbonyl (C=O) groups excluding carboxylic acids is 1. The van der Waals surface area contributed by atoms with Gasteiger partial charge >= 0.3 is 0 Å². The van der Waals surface area contributed by atoms with Crippen LogP contribution in [0.4, 0.5) is 8.78 Å². The van der Waals surface area contributed by atoms with Gasteiger partial charge in [-0.2, -0.15) is 0 Å². The number of benzene rings is 2. The molecule has 1 aliphatic rings. The zero-order valence-corrected chi connectivity index (χ0v) is 11.0. The van der Waals surface area contributed by atoms with E-state index >= 15 is 0 Å². The lowest BCUT2D eigenvalue weighted by Gasteiger charge is -1.99. The summed E-state index contributed by atoms with van der Waals surface area (Å²) in [7, 11) is 0. The molecule has 0 amide bonds. The first-order valence-electron chi connectivity index (χ1n) is 6.04. The Kier molecular flexibility index (Phi) is 3.14. The summed E-state index contributed by atoms with van der Waals surface area (Å²) in [6.07, 6.45) is 1.72. The number of allylic oxidation sites excluding steroid dienone is 1. The Labute approximate surface area is 119 Å². The first kappa shape index (κ1) is 13.0. The molecule has 0 unspecified atom stereocenters. The van der Waals surface area contributed by atoms with Gasteiger partial charge in [0.2, 0.25) is 0 Å². The molecule has 2 aromatic carbocycles. The molecule has 0 atom stereocenters. The molecule has 0 saturated heterocycles. The maximum absolute atomic E-state index is 13.6. The van der Waals surface area contributed by atoms with Gasteiger partial charge in [0.25, 0.3) is 0 Å². The molecule has 1 nitrogen and oxygen atoms in total. The molecule has 20 heavy (non-hydrogen) atoms. The van der Waals surface area contributed by atoms with Crippen molar-refractivity contribution in [3.63, 3.8) is 0 Å². The summed E-state index contributed by atoms with van der Waals surface area (Å²) in [4.78, 5) is 12.2. The molecule has 0 aliphatic heterocycles. The van der Waals surface area contributed by atoms with Crippen LogP contribution in [0.15, 0.2) is 42.0 Å². The van der Waals surface area contributed by atoms with E-state index in [9.17, 15) is 13.6 Å². The number of rotatable bonds is 1. The van der Waals surface area contributed by atoms with Gasteiger partial charge in [-0.15, -0.1) is 0 Å². The molecule has 0 N–H and O–H groups in total. The third-order valence-electron chi connectivity index (χ3n) is 3.31. The summed E-state index contributed by atoms with van der Waals surface area (Å²) in [5.74, 6) is -1.29. The lowest BCUT2D eigenvalue weighted by Crippen LogP contribution is -1.96. The monoisotopic (exact) mass is 290 g/mol.